The molecule has 112 valence electrons. The van der Waals surface area contributed by atoms with Gasteiger partial charge in [0.05, 0.1) is 10.8 Å². The minimum Gasteiger partial charge on any atom is -0.488 e. The van der Waals surface area contributed by atoms with Gasteiger partial charge in [-0.1, -0.05) is 7.43 Å². The van der Waals surface area contributed by atoms with Crippen molar-refractivity contribution < 1.29 is 13.9 Å². The zero-order chi connectivity index (χ0) is 14.4. The molecule has 0 heterocycles. The maximum atomic E-state index is 12.3. The Labute approximate surface area is 127 Å². The van der Waals surface area contributed by atoms with Crippen molar-refractivity contribution in [2.45, 2.75) is 7.43 Å². The molecule has 6 heteroatoms. The molecule has 0 saturated heterocycles. The summed E-state index contributed by atoms with van der Waals surface area (Å²) < 4.78 is 18.4. The molecule has 0 aliphatic rings. The smallest absolute Gasteiger partial charge is 0.253 e. The Kier molecular flexibility index (Phi) is 8.10. The number of nitrogens with zero attached hydrogens (tertiary/aromatic N) is 1. The number of carbonyl (C=O) groups is 1. The van der Waals surface area contributed by atoms with E-state index < -0.39 is 0 Å². The van der Waals surface area contributed by atoms with E-state index in [9.17, 15) is 9.18 Å². The summed E-state index contributed by atoms with van der Waals surface area (Å²) >= 11 is 3.32. The standard InChI is InChI=1S/C13H16BrFN2O2.CH4/c1-17(2)13(18)10-3-4-12(11(14)5-10)19-8-9(6-15)7-16;/h3-6H,7-8,16H2,1-2H3;1H4/b9-6-;. The van der Waals surface area contributed by atoms with E-state index in [1.54, 1.807) is 32.3 Å². The lowest BCUT2D eigenvalue weighted by molar-refractivity contribution is 0.0827. The molecule has 0 spiro atoms. The van der Waals surface area contributed by atoms with Gasteiger partial charge in [0, 0.05) is 31.8 Å². The van der Waals surface area contributed by atoms with E-state index in [1.165, 1.54) is 4.90 Å². The van der Waals surface area contributed by atoms with Crippen molar-refractivity contribution >= 4 is 21.8 Å². The molecule has 20 heavy (non-hydrogen) atoms. The van der Waals surface area contributed by atoms with Crippen LogP contribution in [0.5, 0.6) is 5.75 Å². The molecule has 0 aromatic heterocycles. The van der Waals surface area contributed by atoms with Gasteiger partial charge >= 0.3 is 0 Å². The predicted octanol–water partition coefficient (Wildman–Crippen LogP) is 2.98. The number of hydrogen-bond acceptors (Lipinski definition) is 3. The lowest BCUT2D eigenvalue weighted by atomic mass is 10.2. The van der Waals surface area contributed by atoms with Gasteiger partial charge in [0.25, 0.3) is 5.91 Å². The summed E-state index contributed by atoms with van der Waals surface area (Å²) in [6.45, 7) is 0.178. The van der Waals surface area contributed by atoms with E-state index in [0.29, 0.717) is 27.7 Å². The van der Waals surface area contributed by atoms with E-state index in [4.69, 9.17) is 10.5 Å². The third-order valence-corrected chi connectivity index (χ3v) is 3.03. The summed E-state index contributed by atoms with van der Waals surface area (Å²) in [5.41, 5.74) is 6.24. The Balaban J connectivity index is 0.00000361. The van der Waals surface area contributed by atoms with E-state index in [-0.39, 0.29) is 26.5 Å². The van der Waals surface area contributed by atoms with Crippen LogP contribution in [0, 0.1) is 0 Å². The van der Waals surface area contributed by atoms with E-state index in [1.807, 2.05) is 0 Å². The zero-order valence-electron chi connectivity index (χ0n) is 10.8. The first-order valence-corrected chi connectivity index (χ1v) is 6.41. The quantitative estimate of drug-likeness (QED) is 0.891. The third-order valence-electron chi connectivity index (χ3n) is 2.41. The lowest BCUT2D eigenvalue weighted by Crippen LogP contribution is -2.21. The molecule has 1 aromatic carbocycles. The van der Waals surface area contributed by atoms with Crippen LogP contribution in [-0.4, -0.2) is 38.1 Å². The Bertz CT molecular complexity index is 490. The molecule has 0 aliphatic carbocycles. The second-order valence-electron chi connectivity index (χ2n) is 4.10. The van der Waals surface area contributed by atoms with Crippen LogP contribution in [-0.2, 0) is 0 Å². The van der Waals surface area contributed by atoms with Crippen LogP contribution in [0.2, 0.25) is 0 Å². The van der Waals surface area contributed by atoms with Gasteiger partial charge in [-0.25, -0.2) is 4.39 Å². The first-order chi connectivity index (χ1) is 8.99. The predicted molar refractivity (Wildman–Crippen MR) is 82.6 cm³/mol. The second kappa shape index (κ2) is 8.71. The number of nitrogens with two attached hydrogens (primary N) is 1. The van der Waals surface area contributed by atoms with Crippen LogP contribution in [0.4, 0.5) is 4.39 Å². The number of benzene rings is 1. The van der Waals surface area contributed by atoms with Gasteiger partial charge < -0.3 is 15.4 Å². The summed E-state index contributed by atoms with van der Waals surface area (Å²) in [6, 6.07) is 4.98. The normalized spacial score (nSPS) is 10.8. The minimum absolute atomic E-state index is 0. The molecular weight excluding hydrogens is 327 g/mol. The number of carbonyl (C=O) groups excluding carboxylic acids is 1. The minimum atomic E-state index is -0.0986. The average Bonchev–Trinajstić information content (AvgIpc) is 2.40. The molecule has 0 atom stereocenters. The number of hydrogen-bond donors (Lipinski definition) is 1. The summed E-state index contributed by atoms with van der Waals surface area (Å²) in [4.78, 5) is 13.2. The van der Waals surface area contributed by atoms with Crippen molar-refractivity contribution in [3.8, 4) is 5.75 Å². The molecular formula is C14H20BrFN2O2. The molecule has 1 aromatic rings. The molecule has 0 aliphatic heterocycles. The first-order valence-electron chi connectivity index (χ1n) is 5.61. The summed E-state index contributed by atoms with van der Waals surface area (Å²) in [5.74, 6) is 0.432. The van der Waals surface area contributed by atoms with E-state index in [2.05, 4.69) is 15.9 Å². The maximum Gasteiger partial charge on any atom is 0.253 e. The van der Waals surface area contributed by atoms with Gasteiger partial charge in [0.1, 0.15) is 12.4 Å². The number of ether oxygens (including phenoxy) is 1. The Morgan fingerprint density at radius 1 is 1.50 bits per heavy atom. The van der Waals surface area contributed by atoms with Gasteiger partial charge in [-0.3, -0.25) is 4.79 Å². The van der Waals surface area contributed by atoms with Crippen LogP contribution >= 0.6 is 15.9 Å². The average molecular weight is 347 g/mol. The summed E-state index contributed by atoms with van der Waals surface area (Å²) in [7, 11) is 3.36. The molecule has 4 nitrogen and oxygen atoms in total. The fraction of sp³-hybridized carbons (Fsp3) is 0.357. The van der Waals surface area contributed by atoms with Gasteiger partial charge in [-0.15, -0.1) is 0 Å². The first kappa shape index (κ1) is 18.6. The fourth-order valence-electron chi connectivity index (χ4n) is 1.31. The van der Waals surface area contributed by atoms with Crippen LogP contribution in [0.1, 0.15) is 17.8 Å². The maximum absolute atomic E-state index is 12.3. The highest BCUT2D eigenvalue weighted by Crippen LogP contribution is 2.26. The SMILES string of the molecule is C.CN(C)C(=O)c1ccc(OC/C(=C\F)CN)c(Br)c1. The largest absolute Gasteiger partial charge is 0.488 e. The van der Waals surface area contributed by atoms with Crippen LogP contribution in [0.25, 0.3) is 0 Å². The van der Waals surface area contributed by atoms with Gasteiger partial charge in [-0.05, 0) is 34.1 Å². The molecule has 0 unspecified atom stereocenters. The molecule has 0 bridgehead atoms. The van der Waals surface area contributed by atoms with Crippen molar-refractivity contribution in [2.75, 3.05) is 27.2 Å². The van der Waals surface area contributed by atoms with Crippen molar-refractivity contribution in [1.82, 2.24) is 4.90 Å². The van der Waals surface area contributed by atoms with Crippen molar-refractivity contribution in [3.63, 3.8) is 0 Å². The van der Waals surface area contributed by atoms with Crippen LogP contribution in [0.3, 0.4) is 0 Å². The van der Waals surface area contributed by atoms with Crippen LogP contribution in [0.15, 0.2) is 34.6 Å². The molecule has 1 rings (SSSR count). The number of amides is 1. The van der Waals surface area contributed by atoms with Crippen molar-refractivity contribution in [1.29, 1.82) is 0 Å². The van der Waals surface area contributed by atoms with Gasteiger partial charge in [-0.2, -0.15) is 0 Å². The number of rotatable bonds is 5. The van der Waals surface area contributed by atoms with Gasteiger partial charge in [0.15, 0.2) is 0 Å². The summed E-state index contributed by atoms with van der Waals surface area (Å²) in [6.07, 6.45) is 0.442. The number of halogens is 2. The fourth-order valence-corrected chi connectivity index (χ4v) is 1.81. The van der Waals surface area contributed by atoms with Crippen LogP contribution < -0.4 is 10.5 Å². The molecule has 1 amide bonds. The monoisotopic (exact) mass is 346 g/mol. The Hall–Kier alpha value is -1.40. The topological polar surface area (TPSA) is 55.6 Å². The zero-order valence-corrected chi connectivity index (χ0v) is 12.4. The van der Waals surface area contributed by atoms with E-state index >= 15 is 0 Å². The lowest BCUT2D eigenvalue weighted by Gasteiger charge is -2.13. The molecule has 0 fully saturated rings. The highest BCUT2D eigenvalue weighted by Gasteiger charge is 2.11. The van der Waals surface area contributed by atoms with Gasteiger partial charge in [0.2, 0.25) is 0 Å². The third kappa shape index (κ3) is 4.94. The van der Waals surface area contributed by atoms with Crippen molar-refractivity contribution in [3.05, 3.63) is 40.1 Å². The molecule has 2 N–H and O–H groups in total. The Morgan fingerprint density at radius 3 is 2.60 bits per heavy atom. The molecule has 0 saturated carbocycles. The van der Waals surface area contributed by atoms with Crippen molar-refractivity contribution in [2.24, 2.45) is 5.73 Å². The Morgan fingerprint density at radius 2 is 2.15 bits per heavy atom. The second-order valence-corrected chi connectivity index (χ2v) is 4.96. The highest BCUT2D eigenvalue weighted by molar-refractivity contribution is 9.10. The highest BCUT2D eigenvalue weighted by atomic mass is 79.9. The molecule has 0 radical (unpaired) electrons. The summed E-state index contributed by atoms with van der Waals surface area (Å²) in [5, 5.41) is 0. The van der Waals surface area contributed by atoms with E-state index in [0.717, 1.165) is 0 Å².